The summed E-state index contributed by atoms with van der Waals surface area (Å²) in [7, 11) is 1.68. The number of nitrogens with one attached hydrogen (secondary N) is 1. The van der Waals surface area contributed by atoms with Gasteiger partial charge in [0.15, 0.2) is 0 Å². The molecule has 2 N–H and O–H groups in total. The zero-order valence-electron chi connectivity index (χ0n) is 19.9. The van der Waals surface area contributed by atoms with Crippen LogP contribution in [0.3, 0.4) is 0 Å². The maximum atomic E-state index is 13.2. The van der Waals surface area contributed by atoms with Crippen LogP contribution in [0.25, 0.3) is 21.3 Å². The Hall–Kier alpha value is -2.84. The van der Waals surface area contributed by atoms with Gasteiger partial charge in [0.2, 0.25) is 0 Å². The number of H-pyrrole nitrogens is 1. The normalized spacial score (nSPS) is 12.5. The highest BCUT2D eigenvalue weighted by Gasteiger charge is 2.18. The van der Waals surface area contributed by atoms with Crippen LogP contribution in [0.15, 0.2) is 58.7 Å². The van der Waals surface area contributed by atoms with Crippen LogP contribution in [0, 0.1) is 13.8 Å². The molecule has 0 aliphatic carbocycles. The van der Waals surface area contributed by atoms with E-state index in [1.54, 1.807) is 7.11 Å². The highest BCUT2D eigenvalue weighted by Crippen LogP contribution is 2.33. The minimum atomic E-state index is -0.628. The zero-order valence-corrected chi connectivity index (χ0v) is 20.7. The molecule has 34 heavy (non-hydrogen) atoms. The molecule has 4 aromatic rings. The van der Waals surface area contributed by atoms with E-state index in [0.29, 0.717) is 30.9 Å². The standard InChI is InChI=1S/C27H31N3O3S/c1-18-10-11-19(2)21(14-18)22-17-34-27-25(22)26(32)28-24(29-27)16-30(12-7-13-33-3)15-23(31)20-8-5-4-6-9-20/h4-6,8-11,14,17,23,31H,7,12-13,15-16H2,1-3H3,(H,28,29,32)/t23-/m0/s1. The predicted octanol–water partition coefficient (Wildman–Crippen LogP) is 4.84. The van der Waals surface area contributed by atoms with Gasteiger partial charge in [0.25, 0.3) is 5.56 Å². The van der Waals surface area contributed by atoms with Gasteiger partial charge in [0.05, 0.1) is 18.0 Å². The summed E-state index contributed by atoms with van der Waals surface area (Å²) < 4.78 is 5.21. The number of aromatic amines is 1. The molecule has 6 nitrogen and oxygen atoms in total. The molecule has 0 unspecified atom stereocenters. The van der Waals surface area contributed by atoms with Crippen molar-refractivity contribution in [3.63, 3.8) is 0 Å². The molecular formula is C27H31N3O3S. The second-order valence-electron chi connectivity index (χ2n) is 8.67. The maximum Gasteiger partial charge on any atom is 0.260 e. The lowest BCUT2D eigenvalue weighted by molar-refractivity contribution is 0.0981. The highest BCUT2D eigenvalue weighted by molar-refractivity contribution is 7.17. The van der Waals surface area contributed by atoms with Crippen LogP contribution in [0.5, 0.6) is 0 Å². The predicted molar refractivity (Wildman–Crippen MR) is 138 cm³/mol. The number of benzene rings is 2. The Labute approximate surface area is 203 Å². The van der Waals surface area contributed by atoms with E-state index in [1.807, 2.05) is 35.7 Å². The number of hydrogen-bond donors (Lipinski definition) is 2. The van der Waals surface area contributed by atoms with Crippen molar-refractivity contribution in [1.82, 2.24) is 14.9 Å². The van der Waals surface area contributed by atoms with Gasteiger partial charge in [-0.3, -0.25) is 9.69 Å². The summed E-state index contributed by atoms with van der Waals surface area (Å²) in [5, 5.41) is 13.4. The lowest BCUT2D eigenvalue weighted by Gasteiger charge is -2.24. The van der Waals surface area contributed by atoms with Crippen molar-refractivity contribution in [3.05, 3.63) is 86.8 Å². The molecule has 2 heterocycles. The SMILES string of the molecule is COCCCN(Cc1nc2scc(-c3cc(C)ccc3C)c2c(=O)[nH]1)C[C@H](O)c1ccccc1. The number of aromatic nitrogens is 2. The maximum absolute atomic E-state index is 13.2. The van der Waals surface area contributed by atoms with E-state index in [1.165, 1.54) is 11.3 Å². The molecule has 2 aromatic heterocycles. The van der Waals surface area contributed by atoms with Crippen molar-refractivity contribution >= 4 is 21.6 Å². The second kappa shape index (κ2) is 11.1. The van der Waals surface area contributed by atoms with Crippen molar-refractivity contribution in [2.45, 2.75) is 32.9 Å². The Morgan fingerprint density at radius 1 is 1.15 bits per heavy atom. The van der Waals surface area contributed by atoms with Crippen molar-refractivity contribution < 1.29 is 9.84 Å². The van der Waals surface area contributed by atoms with E-state index in [-0.39, 0.29) is 5.56 Å². The van der Waals surface area contributed by atoms with Gasteiger partial charge in [0.1, 0.15) is 10.7 Å². The number of aliphatic hydroxyl groups excluding tert-OH is 1. The molecule has 0 aliphatic heterocycles. The molecule has 0 bridgehead atoms. The van der Waals surface area contributed by atoms with Crippen LogP contribution in [0.4, 0.5) is 0 Å². The van der Waals surface area contributed by atoms with Crippen molar-refractivity contribution in [1.29, 1.82) is 0 Å². The third kappa shape index (κ3) is 5.62. The number of aliphatic hydroxyl groups is 1. The largest absolute Gasteiger partial charge is 0.387 e. The average Bonchev–Trinajstić information content (AvgIpc) is 3.25. The first-order valence-corrected chi connectivity index (χ1v) is 12.4. The zero-order chi connectivity index (χ0) is 24.1. The van der Waals surface area contributed by atoms with E-state index in [4.69, 9.17) is 9.72 Å². The number of aryl methyl sites for hydroxylation is 2. The molecule has 7 heteroatoms. The Morgan fingerprint density at radius 2 is 1.94 bits per heavy atom. The van der Waals surface area contributed by atoms with E-state index in [2.05, 4.69) is 41.9 Å². The number of fused-ring (bicyclic) bond motifs is 1. The second-order valence-corrected chi connectivity index (χ2v) is 9.53. The van der Waals surface area contributed by atoms with Crippen molar-refractivity contribution in [2.75, 3.05) is 26.8 Å². The monoisotopic (exact) mass is 477 g/mol. The number of nitrogens with zero attached hydrogens (tertiary/aromatic N) is 2. The Kier molecular flexibility index (Phi) is 7.90. The number of ether oxygens (including phenoxy) is 1. The summed E-state index contributed by atoms with van der Waals surface area (Å²) in [6.45, 7) is 6.34. The van der Waals surface area contributed by atoms with Gasteiger partial charge in [-0.15, -0.1) is 11.3 Å². The Balaban J connectivity index is 1.60. The Morgan fingerprint density at radius 3 is 2.71 bits per heavy atom. The molecule has 0 spiro atoms. The van der Waals surface area contributed by atoms with Crippen LogP contribution >= 0.6 is 11.3 Å². The van der Waals surface area contributed by atoms with Crippen LogP contribution < -0.4 is 5.56 Å². The summed E-state index contributed by atoms with van der Waals surface area (Å²) in [4.78, 5) is 23.8. The molecule has 0 amide bonds. The van der Waals surface area contributed by atoms with E-state index in [0.717, 1.165) is 45.6 Å². The van der Waals surface area contributed by atoms with Gasteiger partial charge in [0, 0.05) is 37.7 Å². The lowest BCUT2D eigenvalue weighted by atomic mass is 9.99. The quantitative estimate of drug-likeness (QED) is 0.320. The number of thiophene rings is 1. The molecule has 4 rings (SSSR count). The topological polar surface area (TPSA) is 78.5 Å². The molecule has 0 fully saturated rings. The minimum absolute atomic E-state index is 0.127. The molecule has 0 aliphatic rings. The van der Waals surface area contributed by atoms with Crippen molar-refractivity contribution in [2.24, 2.45) is 0 Å². The number of hydrogen-bond acceptors (Lipinski definition) is 6. The number of methoxy groups -OCH3 is 1. The third-order valence-electron chi connectivity index (χ3n) is 5.99. The molecular weight excluding hydrogens is 446 g/mol. The van der Waals surface area contributed by atoms with E-state index < -0.39 is 6.10 Å². The molecule has 0 radical (unpaired) electrons. The van der Waals surface area contributed by atoms with Crippen LogP contribution in [-0.2, 0) is 11.3 Å². The summed E-state index contributed by atoms with van der Waals surface area (Å²) in [5.41, 5.74) is 5.03. The first-order valence-electron chi connectivity index (χ1n) is 11.5. The number of rotatable bonds is 10. The molecule has 2 aromatic carbocycles. The molecule has 0 saturated carbocycles. The molecule has 1 atom stereocenters. The van der Waals surface area contributed by atoms with Gasteiger partial charge in [-0.1, -0.05) is 54.1 Å². The average molecular weight is 478 g/mol. The molecule has 178 valence electrons. The molecule has 0 saturated heterocycles. The third-order valence-corrected chi connectivity index (χ3v) is 6.86. The van der Waals surface area contributed by atoms with Crippen LogP contribution in [0.2, 0.25) is 0 Å². The van der Waals surface area contributed by atoms with E-state index in [9.17, 15) is 9.90 Å². The summed E-state index contributed by atoms with van der Waals surface area (Å²) in [6, 6.07) is 15.9. The first kappa shape index (κ1) is 24.3. The fourth-order valence-corrected chi connectivity index (χ4v) is 5.15. The van der Waals surface area contributed by atoms with E-state index >= 15 is 0 Å². The fraction of sp³-hybridized carbons (Fsp3) is 0.333. The summed E-state index contributed by atoms with van der Waals surface area (Å²) in [5.74, 6) is 0.601. The lowest BCUT2D eigenvalue weighted by Crippen LogP contribution is -2.31. The van der Waals surface area contributed by atoms with Gasteiger partial charge in [-0.25, -0.2) is 4.98 Å². The van der Waals surface area contributed by atoms with Gasteiger partial charge in [-0.2, -0.15) is 0 Å². The smallest absolute Gasteiger partial charge is 0.260 e. The first-order chi connectivity index (χ1) is 16.5. The highest BCUT2D eigenvalue weighted by atomic mass is 32.1. The van der Waals surface area contributed by atoms with Gasteiger partial charge < -0.3 is 14.8 Å². The fourth-order valence-electron chi connectivity index (χ4n) is 4.20. The minimum Gasteiger partial charge on any atom is -0.387 e. The van der Waals surface area contributed by atoms with Gasteiger partial charge >= 0.3 is 0 Å². The van der Waals surface area contributed by atoms with Crippen molar-refractivity contribution in [3.8, 4) is 11.1 Å². The van der Waals surface area contributed by atoms with Crippen LogP contribution in [0.1, 0.15) is 35.0 Å². The van der Waals surface area contributed by atoms with Crippen LogP contribution in [-0.4, -0.2) is 46.8 Å². The Bertz CT molecular complexity index is 1300. The summed E-state index contributed by atoms with van der Waals surface area (Å²) >= 11 is 1.49. The summed E-state index contributed by atoms with van der Waals surface area (Å²) in [6.07, 6.45) is 0.192. The van der Waals surface area contributed by atoms with Gasteiger partial charge in [-0.05, 0) is 37.0 Å².